The molecule has 0 spiro atoms. The molecular weight excluding hydrogens is 189 g/mol. The van der Waals surface area contributed by atoms with Crippen LogP contribution in [0.25, 0.3) is 0 Å². The first-order valence-corrected chi connectivity index (χ1v) is 5.69. The van der Waals surface area contributed by atoms with Crippen molar-refractivity contribution in [1.82, 2.24) is 5.32 Å². The summed E-state index contributed by atoms with van der Waals surface area (Å²) < 4.78 is 11.8. The SMILES string of the molecule is FCCCNCC1CCCCC1Cl. The lowest BCUT2D eigenvalue weighted by Gasteiger charge is -2.27. The van der Waals surface area contributed by atoms with Crippen molar-refractivity contribution >= 4 is 11.6 Å². The lowest BCUT2D eigenvalue weighted by molar-refractivity contribution is 0.345. The van der Waals surface area contributed by atoms with Gasteiger partial charge in [0, 0.05) is 5.38 Å². The summed E-state index contributed by atoms with van der Waals surface area (Å²) in [7, 11) is 0. The van der Waals surface area contributed by atoms with Crippen molar-refractivity contribution in [3.8, 4) is 0 Å². The molecule has 2 unspecified atom stereocenters. The van der Waals surface area contributed by atoms with Gasteiger partial charge in [-0.1, -0.05) is 12.8 Å². The molecule has 1 rings (SSSR count). The van der Waals surface area contributed by atoms with Crippen LogP contribution in [-0.2, 0) is 0 Å². The van der Waals surface area contributed by atoms with E-state index < -0.39 is 0 Å². The maximum Gasteiger partial charge on any atom is 0.0906 e. The Morgan fingerprint density at radius 2 is 2.08 bits per heavy atom. The number of rotatable bonds is 5. The van der Waals surface area contributed by atoms with Gasteiger partial charge in [-0.05, 0) is 38.3 Å². The Morgan fingerprint density at radius 3 is 2.77 bits per heavy atom. The van der Waals surface area contributed by atoms with E-state index in [2.05, 4.69) is 5.32 Å². The molecule has 1 nitrogen and oxygen atoms in total. The Labute approximate surface area is 85.0 Å². The van der Waals surface area contributed by atoms with Crippen LogP contribution in [-0.4, -0.2) is 25.1 Å². The summed E-state index contributed by atoms with van der Waals surface area (Å²) in [6.07, 6.45) is 5.58. The molecule has 1 aliphatic rings. The first kappa shape index (κ1) is 11.3. The molecule has 0 amide bonds. The topological polar surface area (TPSA) is 12.0 Å². The molecule has 0 aromatic heterocycles. The normalized spacial score (nSPS) is 29.1. The van der Waals surface area contributed by atoms with E-state index in [1.165, 1.54) is 19.3 Å². The zero-order valence-electron chi connectivity index (χ0n) is 8.07. The fourth-order valence-electron chi connectivity index (χ4n) is 1.87. The Morgan fingerprint density at radius 1 is 1.31 bits per heavy atom. The van der Waals surface area contributed by atoms with Gasteiger partial charge in [-0.3, -0.25) is 4.39 Å². The van der Waals surface area contributed by atoms with Gasteiger partial charge in [-0.25, -0.2) is 0 Å². The number of nitrogens with one attached hydrogen (secondary N) is 1. The maximum atomic E-state index is 11.8. The summed E-state index contributed by atoms with van der Waals surface area (Å²) in [6, 6.07) is 0. The molecule has 78 valence electrons. The fourth-order valence-corrected chi connectivity index (χ4v) is 2.24. The van der Waals surface area contributed by atoms with Gasteiger partial charge in [-0.15, -0.1) is 11.6 Å². The summed E-state index contributed by atoms with van der Waals surface area (Å²) >= 11 is 6.18. The predicted molar refractivity (Wildman–Crippen MR) is 55.1 cm³/mol. The van der Waals surface area contributed by atoms with Crippen LogP contribution in [0.4, 0.5) is 4.39 Å². The first-order valence-electron chi connectivity index (χ1n) is 5.25. The second kappa shape index (κ2) is 6.61. The minimum Gasteiger partial charge on any atom is -0.316 e. The molecule has 0 radical (unpaired) electrons. The number of hydrogen-bond donors (Lipinski definition) is 1. The average Bonchev–Trinajstić information content (AvgIpc) is 2.15. The highest BCUT2D eigenvalue weighted by Crippen LogP contribution is 2.27. The van der Waals surface area contributed by atoms with Gasteiger partial charge >= 0.3 is 0 Å². The molecule has 1 fully saturated rings. The molecule has 0 aromatic rings. The highest BCUT2D eigenvalue weighted by atomic mass is 35.5. The van der Waals surface area contributed by atoms with Crippen molar-refractivity contribution in [3.05, 3.63) is 0 Å². The second-order valence-corrected chi connectivity index (χ2v) is 4.37. The first-order chi connectivity index (χ1) is 6.34. The van der Waals surface area contributed by atoms with Crippen LogP contribution in [0, 0.1) is 5.92 Å². The van der Waals surface area contributed by atoms with E-state index in [0.717, 1.165) is 19.5 Å². The Kier molecular flexibility index (Phi) is 5.72. The molecule has 0 saturated heterocycles. The van der Waals surface area contributed by atoms with Crippen LogP contribution in [0.3, 0.4) is 0 Å². The second-order valence-electron chi connectivity index (χ2n) is 3.81. The minimum absolute atomic E-state index is 0.220. The molecule has 0 aromatic carbocycles. The van der Waals surface area contributed by atoms with E-state index in [0.29, 0.717) is 17.7 Å². The van der Waals surface area contributed by atoms with E-state index in [1.54, 1.807) is 0 Å². The largest absolute Gasteiger partial charge is 0.316 e. The zero-order valence-corrected chi connectivity index (χ0v) is 8.82. The summed E-state index contributed by atoms with van der Waals surface area (Å²) in [5.74, 6) is 0.607. The quantitative estimate of drug-likeness (QED) is 0.540. The van der Waals surface area contributed by atoms with Crippen LogP contribution < -0.4 is 5.32 Å². The standard InChI is InChI=1S/C10H19ClFN/c11-10-5-2-1-4-9(10)8-13-7-3-6-12/h9-10,13H,1-8H2. The van der Waals surface area contributed by atoms with Crippen LogP contribution in [0.15, 0.2) is 0 Å². The maximum absolute atomic E-state index is 11.8. The third kappa shape index (κ3) is 4.28. The number of halogens is 2. The van der Waals surface area contributed by atoms with Crippen molar-refractivity contribution in [1.29, 1.82) is 0 Å². The lowest BCUT2D eigenvalue weighted by atomic mass is 9.89. The predicted octanol–water partition coefficient (Wildman–Crippen LogP) is 2.73. The van der Waals surface area contributed by atoms with Crippen molar-refractivity contribution in [3.63, 3.8) is 0 Å². The van der Waals surface area contributed by atoms with Crippen molar-refractivity contribution in [2.45, 2.75) is 37.5 Å². The van der Waals surface area contributed by atoms with Gasteiger partial charge in [0.15, 0.2) is 0 Å². The van der Waals surface area contributed by atoms with Crippen LogP contribution in [0.5, 0.6) is 0 Å². The lowest BCUT2D eigenvalue weighted by Crippen LogP contribution is -2.31. The van der Waals surface area contributed by atoms with E-state index in [-0.39, 0.29) is 6.67 Å². The molecule has 0 aliphatic heterocycles. The highest BCUT2D eigenvalue weighted by molar-refractivity contribution is 6.20. The average molecular weight is 208 g/mol. The summed E-state index contributed by atoms with van der Waals surface area (Å²) in [4.78, 5) is 0. The van der Waals surface area contributed by atoms with E-state index in [1.807, 2.05) is 0 Å². The van der Waals surface area contributed by atoms with Crippen LogP contribution >= 0.6 is 11.6 Å². The zero-order chi connectivity index (χ0) is 9.52. The molecule has 0 heterocycles. The minimum atomic E-state index is -0.220. The fraction of sp³-hybridized carbons (Fsp3) is 1.00. The molecular formula is C10H19ClFN. The van der Waals surface area contributed by atoms with Crippen molar-refractivity contribution in [2.75, 3.05) is 19.8 Å². The smallest absolute Gasteiger partial charge is 0.0906 e. The van der Waals surface area contributed by atoms with Gasteiger partial charge in [0.2, 0.25) is 0 Å². The van der Waals surface area contributed by atoms with E-state index in [4.69, 9.17) is 11.6 Å². The Balaban J connectivity index is 2.05. The Hall–Kier alpha value is 0.180. The van der Waals surface area contributed by atoms with E-state index >= 15 is 0 Å². The van der Waals surface area contributed by atoms with Gasteiger partial charge in [-0.2, -0.15) is 0 Å². The van der Waals surface area contributed by atoms with Crippen molar-refractivity contribution < 1.29 is 4.39 Å². The monoisotopic (exact) mass is 207 g/mol. The Bertz CT molecular complexity index is 132. The molecule has 1 aliphatic carbocycles. The molecule has 1 N–H and O–H groups in total. The molecule has 13 heavy (non-hydrogen) atoms. The third-order valence-corrected chi connectivity index (χ3v) is 3.28. The van der Waals surface area contributed by atoms with Gasteiger partial charge in [0.25, 0.3) is 0 Å². The van der Waals surface area contributed by atoms with Gasteiger partial charge in [0.05, 0.1) is 6.67 Å². The van der Waals surface area contributed by atoms with Crippen LogP contribution in [0.1, 0.15) is 32.1 Å². The number of alkyl halides is 2. The van der Waals surface area contributed by atoms with Gasteiger partial charge < -0.3 is 5.32 Å². The summed E-state index contributed by atoms with van der Waals surface area (Å²) in [6.45, 7) is 1.53. The molecule has 1 saturated carbocycles. The van der Waals surface area contributed by atoms with Gasteiger partial charge in [0.1, 0.15) is 0 Å². The molecule has 3 heteroatoms. The third-order valence-electron chi connectivity index (χ3n) is 2.71. The summed E-state index contributed by atoms with van der Waals surface area (Å²) in [5, 5.41) is 3.60. The van der Waals surface area contributed by atoms with Crippen LogP contribution in [0.2, 0.25) is 0 Å². The van der Waals surface area contributed by atoms with E-state index in [9.17, 15) is 4.39 Å². The molecule has 2 atom stereocenters. The highest BCUT2D eigenvalue weighted by Gasteiger charge is 2.22. The number of hydrogen-bond acceptors (Lipinski definition) is 1. The van der Waals surface area contributed by atoms with Crippen molar-refractivity contribution in [2.24, 2.45) is 5.92 Å². The molecule has 0 bridgehead atoms. The summed E-state index contributed by atoms with van der Waals surface area (Å²) in [5.41, 5.74) is 0.